The van der Waals surface area contributed by atoms with E-state index in [9.17, 15) is 0 Å². The molecule has 0 saturated carbocycles. The predicted octanol–water partition coefficient (Wildman–Crippen LogP) is 4.86. The molecule has 0 saturated heterocycles. The Bertz CT molecular complexity index is 508. The predicted molar refractivity (Wildman–Crippen MR) is 79.5 cm³/mol. The number of hydrogen-bond acceptors (Lipinski definition) is 1. The number of rotatable bonds is 4. The number of hydrogen-bond donors (Lipinski definition) is 1. The lowest BCUT2D eigenvalue weighted by Crippen LogP contribution is -2.10. The fourth-order valence-electron chi connectivity index (χ4n) is 1.96. The molecule has 0 bridgehead atoms. The van der Waals surface area contributed by atoms with Gasteiger partial charge in [0.15, 0.2) is 0 Å². The quantitative estimate of drug-likeness (QED) is 0.827. The molecule has 1 unspecified atom stereocenters. The first kappa shape index (κ1) is 13.0. The van der Waals surface area contributed by atoms with Crippen molar-refractivity contribution in [3.05, 3.63) is 64.7 Å². The van der Waals surface area contributed by atoms with Crippen molar-refractivity contribution in [2.75, 3.05) is 11.9 Å². The van der Waals surface area contributed by atoms with Gasteiger partial charge in [0.05, 0.1) is 0 Å². The minimum absolute atomic E-state index is 0.476. The second-order valence-corrected chi connectivity index (χ2v) is 5.01. The highest BCUT2D eigenvalue weighted by atomic mass is 35.5. The molecule has 0 aliphatic heterocycles. The van der Waals surface area contributed by atoms with Gasteiger partial charge in [0.25, 0.3) is 0 Å². The Morgan fingerprint density at radius 3 is 2.50 bits per heavy atom. The lowest BCUT2D eigenvalue weighted by Gasteiger charge is -2.16. The third-order valence-corrected chi connectivity index (χ3v) is 3.64. The van der Waals surface area contributed by atoms with Gasteiger partial charge >= 0.3 is 0 Å². The van der Waals surface area contributed by atoms with E-state index in [1.165, 1.54) is 5.56 Å². The van der Waals surface area contributed by atoms with Gasteiger partial charge in [-0.2, -0.15) is 0 Å². The Hall–Kier alpha value is -1.47. The van der Waals surface area contributed by atoms with Gasteiger partial charge in [-0.25, -0.2) is 0 Å². The fraction of sp³-hybridized carbons (Fsp3) is 0.250. The van der Waals surface area contributed by atoms with Gasteiger partial charge in [-0.1, -0.05) is 54.9 Å². The second-order valence-electron chi connectivity index (χ2n) is 4.61. The topological polar surface area (TPSA) is 12.0 Å². The minimum atomic E-state index is 0.476. The zero-order valence-corrected chi connectivity index (χ0v) is 11.5. The maximum atomic E-state index is 6.11. The first-order valence-electron chi connectivity index (χ1n) is 6.22. The molecule has 94 valence electrons. The summed E-state index contributed by atoms with van der Waals surface area (Å²) in [5, 5.41) is 4.28. The van der Waals surface area contributed by atoms with Crippen molar-refractivity contribution in [2.24, 2.45) is 0 Å². The number of nitrogens with one attached hydrogen (secondary N) is 1. The van der Waals surface area contributed by atoms with Crippen molar-refractivity contribution >= 4 is 17.3 Å². The molecule has 0 amide bonds. The van der Waals surface area contributed by atoms with Gasteiger partial charge in [0, 0.05) is 17.3 Å². The van der Waals surface area contributed by atoms with Crippen LogP contribution in [0.2, 0.25) is 5.02 Å². The summed E-state index contributed by atoms with van der Waals surface area (Å²) in [6.45, 7) is 5.17. The van der Waals surface area contributed by atoms with E-state index >= 15 is 0 Å². The molecular formula is C16H18ClN. The fourth-order valence-corrected chi connectivity index (χ4v) is 2.14. The van der Waals surface area contributed by atoms with E-state index in [1.807, 2.05) is 25.1 Å². The van der Waals surface area contributed by atoms with Crippen molar-refractivity contribution in [1.29, 1.82) is 0 Å². The average molecular weight is 260 g/mol. The Balaban J connectivity index is 2.02. The highest BCUT2D eigenvalue weighted by molar-refractivity contribution is 6.31. The molecule has 2 rings (SSSR count). The van der Waals surface area contributed by atoms with Crippen molar-refractivity contribution in [3.63, 3.8) is 0 Å². The first-order valence-corrected chi connectivity index (χ1v) is 6.60. The minimum Gasteiger partial charge on any atom is -0.384 e. The summed E-state index contributed by atoms with van der Waals surface area (Å²) in [6.07, 6.45) is 0. The van der Waals surface area contributed by atoms with Crippen LogP contribution in [-0.4, -0.2) is 6.54 Å². The average Bonchev–Trinajstić information content (AvgIpc) is 2.41. The number of anilines is 1. The first-order chi connectivity index (χ1) is 8.68. The normalized spacial score (nSPS) is 12.2. The van der Waals surface area contributed by atoms with Crippen LogP contribution < -0.4 is 5.32 Å². The van der Waals surface area contributed by atoms with Crippen molar-refractivity contribution in [1.82, 2.24) is 0 Å². The number of halogens is 1. The highest BCUT2D eigenvalue weighted by Crippen LogP contribution is 2.24. The van der Waals surface area contributed by atoms with Crippen LogP contribution in [0.5, 0.6) is 0 Å². The van der Waals surface area contributed by atoms with E-state index in [0.717, 1.165) is 22.8 Å². The summed E-state index contributed by atoms with van der Waals surface area (Å²) in [4.78, 5) is 0. The maximum absolute atomic E-state index is 6.11. The molecule has 2 aromatic carbocycles. The molecule has 2 aromatic rings. The molecule has 18 heavy (non-hydrogen) atoms. The molecule has 0 spiro atoms. The lowest BCUT2D eigenvalue weighted by molar-refractivity contribution is 0.804. The molecular weight excluding hydrogens is 242 g/mol. The molecule has 1 nitrogen and oxygen atoms in total. The molecule has 1 N–H and O–H groups in total. The summed E-state index contributed by atoms with van der Waals surface area (Å²) in [5.74, 6) is 0.476. The van der Waals surface area contributed by atoms with Crippen LogP contribution in [0.1, 0.15) is 24.0 Å². The molecule has 0 aliphatic rings. The van der Waals surface area contributed by atoms with Gasteiger partial charge in [-0.3, -0.25) is 0 Å². The summed E-state index contributed by atoms with van der Waals surface area (Å²) in [7, 11) is 0. The van der Waals surface area contributed by atoms with E-state index in [2.05, 4.69) is 42.6 Å². The Labute approximate surface area is 114 Å². The smallest absolute Gasteiger partial charge is 0.0455 e. The Morgan fingerprint density at radius 1 is 1.06 bits per heavy atom. The van der Waals surface area contributed by atoms with E-state index in [1.54, 1.807) is 0 Å². The van der Waals surface area contributed by atoms with Gasteiger partial charge in [0.2, 0.25) is 0 Å². The highest BCUT2D eigenvalue weighted by Gasteiger charge is 2.06. The summed E-state index contributed by atoms with van der Waals surface area (Å²) in [5.41, 5.74) is 3.58. The van der Waals surface area contributed by atoms with Crippen LogP contribution in [0, 0.1) is 6.92 Å². The molecule has 0 fully saturated rings. The van der Waals surface area contributed by atoms with Crippen LogP contribution in [-0.2, 0) is 0 Å². The van der Waals surface area contributed by atoms with E-state index in [4.69, 9.17) is 11.6 Å². The van der Waals surface area contributed by atoms with Crippen LogP contribution >= 0.6 is 11.6 Å². The monoisotopic (exact) mass is 259 g/mol. The summed E-state index contributed by atoms with van der Waals surface area (Å²) >= 11 is 6.11. The van der Waals surface area contributed by atoms with E-state index in [-0.39, 0.29) is 0 Å². The zero-order valence-electron chi connectivity index (χ0n) is 10.8. The van der Waals surface area contributed by atoms with Crippen molar-refractivity contribution in [2.45, 2.75) is 19.8 Å². The maximum Gasteiger partial charge on any atom is 0.0455 e. The van der Waals surface area contributed by atoms with Crippen LogP contribution in [0.15, 0.2) is 48.5 Å². The van der Waals surface area contributed by atoms with E-state index < -0.39 is 0 Å². The molecule has 1 atom stereocenters. The third kappa shape index (κ3) is 3.05. The summed E-state index contributed by atoms with van der Waals surface area (Å²) in [6, 6.07) is 16.5. The SMILES string of the molecule is Cc1c(Cl)cccc1NCC(C)c1ccccc1. The van der Waals surface area contributed by atoms with Gasteiger partial charge < -0.3 is 5.32 Å². The standard InChI is InChI=1S/C16H18ClN/c1-12(14-7-4-3-5-8-14)11-18-16-10-6-9-15(17)13(16)2/h3-10,12,18H,11H2,1-2H3. The Morgan fingerprint density at radius 2 is 1.78 bits per heavy atom. The van der Waals surface area contributed by atoms with Crippen LogP contribution in [0.4, 0.5) is 5.69 Å². The molecule has 0 aliphatic carbocycles. The zero-order chi connectivity index (χ0) is 13.0. The lowest BCUT2D eigenvalue weighted by atomic mass is 10.0. The summed E-state index contributed by atoms with van der Waals surface area (Å²) < 4.78 is 0. The molecule has 0 radical (unpaired) electrons. The van der Waals surface area contributed by atoms with Crippen molar-refractivity contribution < 1.29 is 0 Å². The van der Waals surface area contributed by atoms with Crippen molar-refractivity contribution in [3.8, 4) is 0 Å². The Kier molecular flexibility index (Phi) is 4.27. The molecule has 2 heteroatoms. The van der Waals surface area contributed by atoms with E-state index in [0.29, 0.717) is 5.92 Å². The number of benzene rings is 2. The third-order valence-electron chi connectivity index (χ3n) is 3.24. The van der Waals surface area contributed by atoms with Crippen LogP contribution in [0.25, 0.3) is 0 Å². The van der Waals surface area contributed by atoms with Gasteiger partial charge in [-0.05, 0) is 36.1 Å². The van der Waals surface area contributed by atoms with Gasteiger partial charge in [0.1, 0.15) is 0 Å². The molecule has 0 heterocycles. The largest absolute Gasteiger partial charge is 0.384 e. The van der Waals surface area contributed by atoms with Gasteiger partial charge in [-0.15, -0.1) is 0 Å². The van der Waals surface area contributed by atoms with Crippen LogP contribution in [0.3, 0.4) is 0 Å². The second kappa shape index (κ2) is 5.92. The molecule has 0 aromatic heterocycles.